The van der Waals surface area contributed by atoms with Crippen molar-refractivity contribution in [2.24, 2.45) is 0 Å². The molecule has 2 N–H and O–H groups in total. The molecule has 0 aromatic heterocycles. The SMILES string of the molecule is CNC(=O)CCCOc1c([C@@H](C)O)cc(Br)cc1[N+](=O)[O-]. The van der Waals surface area contributed by atoms with Gasteiger partial charge in [-0.2, -0.15) is 0 Å². The van der Waals surface area contributed by atoms with Gasteiger partial charge in [0.25, 0.3) is 0 Å². The van der Waals surface area contributed by atoms with Crippen molar-refractivity contribution >= 4 is 27.5 Å². The summed E-state index contributed by atoms with van der Waals surface area (Å²) in [4.78, 5) is 21.6. The third-order valence-electron chi connectivity index (χ3n) is 2.78. The smallest absolute Gasteiger partial charge is 0.312 e. The molecule has 21 heavy (non-hydrogen) atoms. The van der Waals surface area contributed by atoms with E-state index in [2.05, 4.69) is 21.2 Å². The molecule has 0 heterocycles. The number of rotatable bonds is 7. The molecule has 7 nitrogen and oxygen atoms in total. The van der Waals surface area contributed by atoms with Crippen molar-refractivity contribution in [3.05, 3.63) is 32.3 Å². The molecule has 0 aliphatic carbocycles. The van der Waals surface area contributed by atoms with Crippen molar-refractivity contribution < 1.29 is 19.6 Å². The lowest BCUT2D eigenvalue weighted by Crippen LogP contribution is -2.18. The molecule has 1 aromatic carbocycles. The normalized spacial score (nSPS) is 11.8. The van der Waals surface area contributed by atoms with Gasteiger partial charge in [0.2, 0.25) is 11.7 Å². The molecule has 0 saturated carbocycles. The first-order chi connectivity index (χ1) is 9.86. The molecule has 0 bridgehead atoms. The van der Waals surface area contributed by atoms with Crippen LogP contribution in [0.5, 0.6) is 5.75 Å². The Morgan fingerprint density at radius 2 is 2.24 bits per heavy atom. The summed E-state index contributed by atoms with van der Waals surface area (Å²) in [6.45, 7) is 1.65. The van der Waals surface area contributed by atoms with Crippen LogP contribution < -0.4 is 10.1 Å². The molecule has 1 aromatic rings. The summed E-state index contributed by atoms with van der Waals surface area (Å²) in [7, 11) is 1.54. The van der Waals surface area contributed by atoms with Crippen LogP contribution in [0.2, 0.25) is 0 Å². The molecule has 0 aliphatic heterocycles. The summed E-state index contributed by atoms with van der Waals surface area (Å²) >= 11 is 3.17. The number of hydrogen-bond donors (Lipinski definition) is 2. The van der Waals surface area contributed by atoms with Gasteiger partial charge in [0.05, 0.1) is 17.6 Å². The third kappa shape index (κ3) is 4.98. The van der Waals surface area contributed by atoms with Crippen LogP contribution in [-0.4, -0.2) is 29.6 Å². The molecule has 0 unspecified atom stereocenters. The maximum Gasteiger partial charge on any atom is 0.312 e. The van der Waals surface area contributed by atoms with Gasteiger partial charge in [-0.25, -0.2) is 0 Å². The minimum absolute atomic E-state index is 0.0371. The Kier molecular flexibility index (Phi) is 6.57. The maximum atomic E-state index is 11.1. The maximum absolute atomic E-state index is 11.1. The van der Waals surface area contributed by atoms with E-state index in [0.717, 1.165) is 0 Å². The highest BCUT2D eigenvalue weighted by Gasteiger charge is 2.23. The van der Waals surface area contributed by atoms with Gasteiger partial charge in [-0.3, -0.25) is 14.9 Å². The molecule has 1 amide bonds. The van der Waals surface area contributed by atoms with Gasteiger partial charge in [-0.05, 0) is 19.4 Å². The highest BCUT2D eigenvalue weighted by molar-refractivity contribution is 9.10. The molecular weight excluding hydrogens is 344 g/mol. The van der Waals surface area contributed by atoms with Crippen LogP contribution >= 0.6 is 15.9 Å². The lowest BCUT2D eigenvalue weighted by molar-refractivity contribution is -0.386. The quantitative estimate of drug-likeness (QED) is 0.441. The van der Waals surface area contributed by atoms with Crippen LogP contribution in [0.1, 0.15) is 31.4 Å². The first-order valence-corrected chi connectivity index (χ1v) is 7.15. The molecule has 0 spiro atoms. The molecule has 0 saturated heterocycles. The van der Waals surface area contributed by atoms with E-state index in [0.29, 0.717) is 16.5 Å². The second-order valence-electron chi connectivity index (χ2n) is 4.40. The highest BCUT2D eigenvalue weighted by Crippen LogP contribution is 2.37. The Hall–Kier alpha value is -1.67. The topological polar surface area (TPSA) is 102 Å². The van der Waals surface area contributed by atoms with Crippen LogP contribution in [0.15, 0.2) is 16.6 Å². The van der Waals surface area contributed by atoms with Crippen molar-refractivity contribution in [1.82, 2.24) is 5.32 Å². The number of benzene rings is 1. The van der Waals surface area contributed by atoms with Crippen LogP contribution in [0.25, 0.3) is 0 Å². The first-order valence-electron chi connectivity index (χ1n) is 6.36. The molecule has 0 radical (unpaired) electrons. The number of hydrogen-bond acceptors (Lipinski definition) is 5. The van der Waals surface area contributed by atoms with Crippen molar-refractivity contribution in [2.45, 2.75) is 25.9 Å². The van der Waals surface area contributed by atoms with E-state index in [1.165, 1.54) is 20.0 Å². The number of carbonyl (C=O) groups is 1. The second-order valence-corrected chi connectivity index (χ2v) is 5.32. The zero-order valence-corrected chi connectivity index (χ0v) is 13.3. The number of amides is 1. The van der Waals surface area contributed by atoms with Crippen molar-refractivity contribution in [3.63, 3.8) is 0 Å². The predicted octanol–water partition coefficient (Wildman–Crippen LogP) is 2.32. The summed E-state index contributed by atoms with van der Waals surface area (Å²) in [6, 6.07) is 2.89. The Labute approximate surface area is 130 Å². The number of aliphatic hydroxyl groups is 1. The van der Waals surface area contributed by atoms with Gasteiger partial charge in [0.15, 0.2) is 0 Å². The lowest BCUT2D eigenvalue weighted by Gasteiger charge is -2.14. The largest absolute Gasteiger partial charge is 0.487 e. The van der Waals surface area contributed by atoms with E-state index in [4.69, 9.17) is 4.74 Å². The minimum Gasteiger partial charge on any atom is -0.487 e. The number of nitro groups is 1. The van der Waals surface area contributed by atoms with E-state index in [-0.39, 0.29) is 30.4 Å². The Morgan fingerprint density at radius 3 is 2.76 bits per heavy atom. The van der Waals surface area contributed by atoms with Crippen molar-refractivity contribution in [3.8, 4) is 5.75 Å². The number of nitrogens with one attached hydrogen (secondary N) is 1. The summed E-state index contributed by atoms with van der Waals surface area (Å²) in [5, 5.41) is 23.3. The molecule has 1 atom stereocenters. The lowest BCUT2D eigenvalue weighted by atomic mass is 10.1. The monoisotopic (exact) mass is 360 g/mol. The van der Waals surface area contributed by atoms with Crippen LogP contribution in [0.3, 0.4) is 0 Å². The van der Waals surface area contributed by atoms with E-state index < -0.39 is 11.0 Å². The fourth-order valence-electron chi connectivity index (χ4n) is 1.73. The van der Waals surface area contributed by atoms with Gasteiger partial charge in [0.1, 0.15) is 0 Å². The fraction of sp³-hybridized carbons (Fsp3) is 0.462. The summed E-state index contributed by atoms with van der Waals surface area (Å²) in [6.07, 6.45) is -0.216. The van der Waals surface area contributed by atoms with Crippen LogP contribution in [0, 0.1) is 10.1 Å². The number of ether oxygens (including phenoxy) is 1. The summed E-state index contributed by atoms with van der Waals surface area (Å²) in [5.41, 5.74) is 0.108. The predicted molar refractivity (Wildman–Crippen MR) is 80.2 cm³/mol. The number of nitrogens with zero attached hydrogens (tertiary/aromatic N) is 1. The fourth-order valence-corrected chi connectivity index (χ4v) is 2.20. The van der Waals surface area contributed by atoms with Gasteiger partial charge in [-0.15, -0.1) is 0 Å². The average Bonchev–Trinajstić information content (AvgIpc) is 2.43. The van der Waals surface area contributed by atoms with Gasteiger partial charge in [-0.1, -0.05) is 15.9 Å². The van der Waals surface area contributed by atoms with E-state index >= 15 is 0 Å². The van der Waals surface area contributed by atoms with E-state index in [1.54, 1.807) is 6.07 Å². The molecule has 0 fully saturated rings. The standard InChI is InChI=1S/C13H17BrN2O5/c1-8(17)10-6-9(14)7-11(16(19)20)13(10)21-5-3-4-12(18)15-2/h6-8,17H,3-5H2,1-2H3,(H,15,18)/t8-/m1/s1. The number of halogens is 1. The van der Waals surface area contributed by atoms with E-state index in [1.807, 2.05) is 0 Å². The van der Waals surface area contributed by atoms with Gasteiger partial charge in [0, 0.05) is 29.6 Å². The molecule has 0 aliphatic rings. The van der Waals surface area contributed by atoms with Crippen molar-refractivity contribution in [2.75, 3.05) is 13.7 Å². The second kappa shape index (κ2) is 7.94. The van der Waals surface area contributed by atoms with Crippen LogP contribution in [0.4, 0.5) is 5.69 Å². The number of aliphatic hydroxyl groups excluding tert-OH is 1. The van der Waals surface area contributed by atoms with Gasteiger partial charge >= 0.3 is 5.69 Å². The highest BCUT2D eigenvalue weighted by atomic mass is 79.9. The first kappa shape index (κ1) is 17.4. The Bertz CT molecular complexity index is 534. The zero-order chi connectivity index (χ0) is 16.0. The Balaban J connectivity index is 2.92. The minimum atomic E-state index is -0.907. The summed E-state index contributed by atoms with van der Waals surface area (Å²) < 4.78 is 5.93. The zero-order valence-electron chi connectivity index (χ0n) is 11.8. The molecule has 8 heteroatoms. The number of carbonyl (C=O) groups excluding carboxylic acids is 1. The van der Waals surface area contributed by atoms with Crippen molar-refractivity contribution in [1.29, 1.82) is 0 Å². The van der Waals surface area contributed by atoms with Crippen LogP contribution in [-0.2, 0) is 4.79 Å². The van der Waals surface area contributed by atoms with E-state index in [9.17, 15) is 20.0 Å². The molecule has 1 rings (SSSR count). The Morgan fingerprint density at radius 1 is 1.57 bits per heavy atom. The third-order valence-corrected chi connectivity index (χ3v) is 3.24. The molecule has 116 valence electrons. The molecular formula is C13H17BrN2O5. The summed E-state index contributed by atoms with van der Waals surface area (Å²) in [5.74, 6) is -0.0882. The average molecular weight is 361 g/mol. The van der Waals surface area contributed by atoms with Gasteiger partial charge < -0.3 is 15.2 Å². The number of nitro benzene ring substituents is 1.